The van der Waals surface area contributed by atoms with Crippen LogP contribution in [0.3, 0.4) is 0 Å². The maximum absolute atomic E-state index is 12.6. The monoisotopic (exact) mass is 340 g/mol. The number of likely N-dealkylation sites (tertiary alicyclic amines) is 1. The van der Waals surface area contributed by atoms with Crippen LogP contribution >= 0.6 is 23.2 Å². The van der Waals surface area contributed by atoms with E-state index in [0.29, 0.717) is 23.1 Å². The van der Waals surface area contributed by atoms with E-state index in [2.05, 4.69) is 0 Å². The lowest BCUT2D eigenvalue weighted by molar-refractivity contribution is -0.136. The number of carbonyl (C=O) groups excluding carboxylic acids is 2. The first-order chi connectivity index (χ1) is 10.5. The first kappa shape index (κ1) is 15.6. The molecule has 6 heteroatoms. The van der Waals surface area contributed by atoms with E-state index in [1.807, 2.05) is 6.07 Å². The summed E-state index contributed by atoms with van der Waals surface area (Å²) in [5, 5.41) is 1.21. The van der Waals surface area contributed by atoms with Crippen molar-refractivity contribution in [2.75, 3.05) is 13.1 Å². The average molecular weight is 341 g/mol. The molecule has 1 saturated carbocycles. The Balaban J connectivity index is 1.66. The van der Waals surface area contributed by atoms with Gasteiger partial charge in [-0.15, -0.1) is 0 Å². The predicted octanol–water partition coefficient (Wildman–Crippen LogP) is 2.82. The Bertz CT molecular complexity index is 620. The Kier molecular flexibility index (Phi) is 4.33. The van der Waals surface area contributed by atoms with Gasteiger partial charge >= 0.3 is 0 Å². The molecular formula is C16H18Cl2N2O2. The first-order valence-corrected chi connectivity index (χ1v) is 8.26. The minimum atomic E-state index is -0.314. The van der Waals surface area contributed by atoms with Crippen LogP contribution in [0.15, 0.2) is 18.2 Å². The predicted molar refractivity (Wildman–Crippen MR) is 85.8 cm³/mol. The highest BCUT2D eigenvalue weighted by atomic mass is 35.5. The van der Waals surface area contributed by atoms with Crippen LogP contribution in [-0.2, 0) is 9.59 Å². The third kappa shape index (κ3) is 3.08. The topological polar surface area (TPSA) is 63.4 Å². The fourth-order valence-electron chi connectivity index (χ4n) is 3.26. The van der Waals surface area contributed by atoms with Crippen LogP contribution in [0, 0.1) is 11.8 Å². The quantitative estimate of drug-likeness (QED) is 0.919. The Morgan fingerprint density at radius 1 is 1.27 bits per heavy atom. The van der Waals surface area contributed by atoms with Gasteiger partial charge in [0, 0.05) is 29.1 Å². The largest absolute Gasteiger partial charge is 0.369 e. The molecule has 0 radical (unpaired) electrons. The zero-order valence-corrected chi connectivity index (χ0v) is 13.6. The van der Waals surface area contributed by atoms with E-state index in [4.69, 9.17) is 28.9 Å². The molecule has 1 aromatic carbocycles. The van der Waals surface area contributed by atoms with Crippen molar-refractivity contribution in [2.45, 2.75) is 25.2 Å². The highest BCUT2D eigenvalue weighted by Gasteiger charge is 2.47. The Morgan fingerprint density at radius 2 is 2.05 bits per heavy atom. The molecule has 1 aliphatic heterocycles. The minimum Gasteiger partial charge on any atom is -0.369 e. The third-order valence-corrected chi connectivity index (χ3v) is 5.17. The lowest BCUT2D eigenvalue weighted by Crippen LogP contribution is -2.44. The number of hydrogen-bond acceptors (Lipinski definition) is 2. The molecule has 118 valence electrons. The lowest BCUT2D eigenvalue weighted by Gasteiger charge is -2.31. The summed E-state index contributed by atoms with van der Waals surface area (Å²) in [6.07, 6.45) is 2.41. The van der Waals surface area contributed by atoms with Crippen molar-refractivity contribution in [3.05, 3.63) is 33.8 Å². The number of rotatable bonds is 3. The summed E-state index contributed by atoms with van der Waals surface area (Å²) in [4.78, 5) is 25.7. The summed E-state index contributed by atoms with van der Waals surface area (Å²) in [6.45, 7) is 1.16. The van der Waals surface area contributed by atoms with Crippen molar-refractivity contribution in [2.24, 2.45) is 17.6 Å². The number of nitrogens with zero attached hydrogens (tertiary/aromatic N) is 1. The van der Waals surface area contributed by atoms with Gasteiger partial charge in [0.2, 0.25) is 11.8 Å². The molecule has 4 nitrogen and oxygen atoms in total. The molecule has 0 spiro atoms. The van der Waals surface area contributed by atoms with E-state index in [9.17, 15) is 9.59 Å². The van der Waals surface area contributed by atoms with E-state index < -0.39 is 0 Å². The van der Waals surface area contributed by atoms with E-state index >= 15 is 0 Å². The highest BCUT2D eigenvalue weighted by molar-refractivity contribution is 6.35. The molecule has 1 aromatic rings. The molecule has 0 unspecified atom stereocenters. The van der Waals surface area contributed by atoms with E-state index in [-0.39, 0.29) is 29.6 Å². The van der Waals surface area contributed by atoms with Gasteiger partial charge in [-0.3, -0.25) is 9.59 Å². The van der Waals surface area contributed by atoms with Crippen LogP contribution < -0.4 is 5.73 Å². The second-order valence-corrected chi connectivity index (χ2v) is 6.98. The van der Waals surface area contributed by atoms with Crippen LogP contribution in [0.4, 0.5) is 0 Å². The smallest absolute Gasteiger partial charge is 0.226 e. The molecule has 0 bridgehead atoms. The molecule has 2 aliphatic rings. The van der Waals surface area contributed by atoms with Gasteiger partial charge in [0.15, 0.2) is 0 Å². The normalized spacial score (nSPS) is 27.5. The van der Waals surface area contributed by atoms with Crippen molar-refractivity contribution < 1.29 is 9.59 Å². The number of primary amides is 1. The number of carbonyl (C=O) groups is 2. The Labute approximate surface area is 139 Å². The summed E-state index contributed by atoms with van der Waals surface area (Å²) in [6, 6.07) is 5.40. The summed E-state index contributed by atoms with van der Waals surface area (Å²) < 4.78 is 0. The minimum absolute atomic E-state index is 0.0368. The molecular weight excluding hydrogens is 323 g/mol. The van der Waals surface area contributed by atoms with E-state index in [1.54, 1.807) is 17.0 Å². The highest BCUT2D eigenvalue weighted by Crippen LogP contribution is 2.51. The van der Waals surface area contributed by atoms with Crippen molar-refractivity contribution in [3.63, 3.8) is 0 Å². The van der Waals surface area contributed by atoms with Gasteiger partial charge in [-0.2, -0.15) is 0 Å². The molecule has 3 atom stereocenters. The van der Waals surface area contributed by atoms with Crippen molar-refractivity contribution >= 4 is 35.0 Å². The van der Waals surface area contributed by atoms with E-state index in [1.165, 1.54) is 0 Å². The lowest BCUT2D eigenvalue weighted by atomic mass is 9.97. The van der Waals surface area contributed by atoms with Crippen LogP contribution in [0.1, 0.15) is 30.7 Å². The van der Waals surface area contributed by atoms with Gasteiger partial charge in [-0.05, 0) is 42.9 Å². The summed E-state index contributed by atoms with van der Waals surface area (Å²) >= 11 is 12.1. The standard InChI is InChI=1S/C16H18Cl2N2O2/c17-10-3-4-11(14(18)6-10)12-7-13(12)16(22)20-5-1-2-9(8-20)15(19)21/h3-4,6,9,12-13H,1-2,5,7-8H2,(H2,19,21)/t9-,12+,13-/m1/s1. The number of hydrogen-bond donors (Lipinski definition) is 1. The van der Waals surface area contributed by atoms with Crippen molar-refractivity contribution in [3.8, 4) is 0 Å². The fourth-order valence-corrected chi connectivity index (χ4v) is 3.81. The molecule has 2 fully saturated rings. The molecule has 1 heterocycles. The zero-order chi connectivity index (χ0) is 15.9. The number of amides is 2. The van der Waals surface area contributed by atoms with Crippen LogP contribution in [0.5, 0.6) is 0 Å². The van der Waals surface area contributed by atoms with Gasteiger partial charge in [-0.25, -0.2) is 0 Å². The molecule has 2 amide bonds. The molecule has 2 N–H and O–H groups in total. The maximum atomic E-state index is 12.6. The van der Waals surface area contributed by atoms with Crippen LogP contribution in [0.25, 0.3) is 0 Å². The number of benzene rings is 1. The zero-order valence-electron chi connectivity index (χ0n) is 12.1. The van der Waals surface area contributed by atoms with E-state index in [0.717, 1.165) is 24.8 Å². The summed E-state index contributed by atoms with van der Waals surface area (Å²) in [7, 11) is 0. The Morgan fingerprint density at radius 3 is 2.73 bits per heavy atom. The van der Waals surface area contributed by atoms with Gasteiger partial charge in [0.05, 0.1) is 5.92 Å². The van der Waals surface area contributed by atoms with Crippen molar-refractivity contribution in [1.29, 1.82) is 0 Å². The first-order valence-electron chi connectivity index (χ1n) is 7.50. The summed E-state index contributed by atoms with van der Waals surface area (Å²) in [5.74, 6) is -0.293. The maximum Gasteiger partial charge on any atom is 0.226 e. The number of nitrogens with two attached hydrogens (primary N) is 1. The molecule has 1 saturated heterocycles. The molecule has 3 rings (SSSR count). The fraction of sp³-hybridized carbons (Fsp3) is 0.500. The van der Waals surface area contributed by atoms with Crippen molar-refractivity contribution in [1.82, 2.24) is 4.90 Å². The number of halogens is 2. The van der Waals surface area contributed by atoms with Gasteiger partial charge in [0.1, 0.15) is 0 Å². The Hall–Kier alpha value is -1.26. The van der Waals surface area contributed by atoms with Gasteiger partial charge < -0.3 is 10.6 Å². The van der Waals surface area contributed by atoms with Crippen LogP contribution in [0.2, 0.25) is 10.0 Å². The SMILES string of the molecule is NC(=O)[C@@H]1CCCN(C(=O)[C@@H]2C[C@H]2c2ccc(Cl)cc2Cl)C1. The van der Waals surface area contributed by atoms with Crippen LogP contribution in [-0.4, -0.2) is 29.8 Å². The average Bonchev–Trinajstić information content (AvgIpc) is 3.27. The second-order valence-electron chi connectivity index (χ2n) is 6.14. The van der Waals surface area contributed by atoms with Gasteiger partial charge in [-0.1, -0.05) is 29.3 Å². The second kappa shape index (κ2) is 6.09. The molecule has 22 heavy (non-hydrogen) atoms. The summed E-state index contributed by atoms with van der Waals surface area (Å²) in [5.41, 5.74) is 6.35. The third-order valence-electron chi connectivity index (χ3n) is 4.61. The molecule has 0 aromatic heterocycles. The number of piperidine rings is 1. The van der Waals surface area contributed by atoms with Gasteiger partial charge in [0.25, 0.3) is 0 Å². The molecule has 1 aliphatic carbocycles.